The highest BCUT2D eigenvalue weighted by Crippen LogP contribution is 2.18. The number of imidazole rings is 1. The van der Waals surface area contributed by atoms with Gasteiger partial charge >= 0.3 is 0 Å². The first kappa shape index (κ1) is 12.7. The number of rotatable bonds is 4. The Balaban J connectivity index is 2.04. The minimum Gasteiger partial charge on any atom is -0.497 e. The largest absolute Gasteiger partial charge is 0.497 e. The Morgan fingerprint density at radius 2 is 2.10 bits per heavy atom. The number of benzene rings is 1. The van der Waals surface area contributed by atoms with Crippen molar-refractivity contribution in [2.45, 2.75) is 19.9 Å². The van der Waals surface area contributed by atoms with Crippen LogP contribution >= 0.6 is 0 Å². The Bertz CT molecular complexity index is 733. The maximum Gasteiger partial charge on any atom is 0.160 e. The van der Waals surface area contributed by atoms with Crippen molar-refractivity contribution in [1.82, 2.24) is 14.5 Å². The molecule has 102 valence electrons. The summed E-state index contributed by atoms with van der Waals surface area (Å²) in [6.45, 7) is 2.87. The second-order valence-electron chi connectivity index (χ2n) is 4.67. The summed E-state index contributed by atoms with van der Waals surface area (Å²) in [5.74, 6) is 1.93. The van der Waals surface area contributed by atoms with Gasteiger partial charge in [0.1, 0.15) is 17.1 Å². The lowest BCUT2D eigenvalue weighted by Gasteiger charge is -2.09. The molecule has 0 saturated heterocycles. The summed E-state index contributed by atoms with van der Waals surface area (Å²) in [6, 6.07) is 12.0. The zero-order valence-electron chi connectivity index (χ0n) is 11.7. The molecular weight excluding hydrogens is 250 g/mol. The lowest BCUT2D eigenvalue weighted by Crippen LogP contribution is -2.05. The van der Waals surface area contributed by atoms with Crippen LogP contribution in [-0.2, 0) is 13.0 Å². The van der Waals surface area contributed by atoms with Crippen LogP contribution in [0.4, 0.5) is 0 Å². The normalized spacial score (nSPS) is 10.9. The summed E-state index contributed by atoms with van der Waals surface area (Å²) in [6.07, 6.45) is 2.70. The molecule has 0 aliphatic heterocycles. The summed E-state index contributed by atoms with van der Waals surface area (Å²) in [7, 11) is 1.69. The highest BCUT2D eigenvalue weighted by Gasteiger charge is 2.10. The topological polar surface area (TPSA) is 39.9 Å². The van der Waals surface area contributed by atoms with Gasteiger partial charge in [0.2, 0.25) is 0 Å². The molecule has 0 fully saturated rings. The second kappa shape index (κ2) is 5.33. The molecule has 0 saturated carbocycles. The van der Waals surface area contributed by atoms with Gasteiger partial charge in [0, 0.05) is 12.6 Å². The third-order valence-corrected chi connectivity index (χ3v) is 3.37. The van der Waals surface area contributed by atoms with E-state index in [1.807, 2.05) is 36.5 Å². The van der Waals surface area contributed by atoms with Crippen molar-refractivity contribution in [3.63, 3.8) is 0 Å². The molecule has 20 heavy (non-hydrogen) atoms. The fourth-order valence-corrected chi connectivity index (χ4v) is 2.39. The summed E-state index contributed by atoms with van der Waals surface area (Å²) >= 11 is 0. The Morgan fingerprint density at radius 1 is 1.20 bits per heavy atom. The van der Waals surface area contributed by atoms with Gasteiger partial charge in [-0.1, -0.05) is 19.1 Å². The van der Waals surface area contributed by atoms with Gasteiger partial charge in [-0.25, -0.2) is 9.97 Å². The van der Waals surface area contributed by atoms with Gasteiger partial charge in [0.25, 0.3) is 0 Å². The number of fused-ring (bicyclic) bond motifs is 1. The lowest BCUT2D eigenvalue weighted by molar-refractivity contribution is 0.414. The van der Waals surface area contributed by atoms with Crippen LogP contribution in [0.25, 0.3) is 11.2 Å². The van der Waals surface area contributed by atoms with E-state index in [0.29, 0.717) is 0 Å². The SMILES string of the molecule is CCc1nc2cccnc2n1Cc1cccc(OC)c1. The quantitative estimate of drug-likeness (QED) is 0.729. The fourth-order valence-electron chi connectivity index (χ4n) is 2.39. The van der Waals surface area contributed by atoms with E-state index in [1.165, 1.54) is 5.56 Å². The average molecular weight is 267 g/mol. The van der Waals surface area contributed by atoms with Gasteiger partial charge in [0.05, 0.1) is 13.7 Å². The number of nitrogens with zero attached hydrogens (tertiary/aromatic N) is 3. The Labute approximate surface area is 118 Å². The van der Waals surface area contributed by atoms with Crippen LogP contribution in [0.3, 0.4) is 0 Å². The van der Waals surface area contributed by atoms with Crippen molar-refractivity contribution in [2.24, 2.45) is 0 Å². The molecule has 0 unspecified atom stereocenters. The van der Waals surface area contributed by atoms with Gasteiger partial charge in [0.15, 0.2) is 5.65 Å². The van der Waals surface area contributed by atoms with Crippen LogP contribution in [0.1, 0.15) is 18.3 Å². The predicted octanol–water partition coefficient (Wildman–Crippen LogP) is 3.05. The number of methoxy groups -OCH3 is 1. The molecule has 0 aliphatic carbocycles. The Kier molecular flexibility index (Phi) is 3.37. The Morgan fingerprint density at radius 3 is 2.90 bits per heavy atom. The minimum absolute atomic E-state index is 0.758. The standard InChI is InChI=1S/C16H17N3O/c1-3-15-18-14-8-5-9-17-16(14)19(15)11-12-6-4-7-13(10-12)20-2/h4-10H,3,11H2,1-2H3. The zero-order chi connectivity index (χ0) is 13.9. The smallest absolute Gasteiger partial charge is 0.160 e. The molecule has 0 N–H and O–H groups in total. The van der Waals surface area contributed by atoms with Crippen molar-refractivity contribution < 1.29 is 4.74 Å². The number of aromatic nitrogens is 3. The summed E-state index contributed by atoms with van der Waals surface area (Å²) < 4.78 is 7.45. The first-order chi connectivity index (χ1) is 9.81. The van der Waals surface area contributed by atoms with E-state index >= 15 is 0 Å². The highest BCUT2D eigenvalue weighted by molar-refractivity contribution is 5.71. The van der Waals surface area contributed by atoms with Gasteiger partial charge in [-0.15, -0.1) is 0 Å². The van der Waals surface area contributed by atoms with E-state index in [-0.39, 0.29) is 0 Å². The zero-order valence-corrected chi connectivity index (χ0v) is 11.7. The van der Waals surface area contributed by atoms with E-state index < -0.39 is 0 Å². The summed E-state index contributed by atoms with van der Waals surface area (Å²) in [5, 5.41) is 0. The van der Waals surface area contributed by atoms with Crippen molar-refractivity contribution in [2.75, 3.05) is 7.11 Å². The van der Waals surface area contributed by atoms with Crippen LogP contribution in [0.2, 0.25) is 0 Å². The molecule has 2 aromatic heterocycles. The van der Waals surface area contributed by atoms with Gasteiger partial charge in [-0.3, -0.25) is 0 Å². The molecular formula is C16H17N3O. The third kappa shape index (κ3) is 2.25. The van der Waals surface area contributed by atoms with Crippen LogP contribution in [0.15, 0.2) is 42.6 Å². The first-order valence-corrected chi connectivity index (χ1v) is 6.75. The van der Waals surface area contributed by atoms with E-state index in [9.17, 15) is 0 Å². The lowest BCUT2D eigenvalue weighted by atomic mass is 10.2. The molecule has 0 amide bonds. The van der Waals surface area contributed by atoms with E-state index in [1.54, 1.807) is 7.11 Å². The Hall–Kier alpha value is -2.36. The van der Waals surface area contributed by atoms with Crippen molar-refractivity contribution in [3.05, 3.63) is 54.0 Å². The molecule has 2 heterocycles. The van der Waals surface area contributed by atoms with Crippen molar-refractivity contribution >= 4 is 11.2 Å². The highest BCUT2D eigenvalue weighted by atomic mass is 16.5. The monoisotopic (exact) mass is 267 g/mol. The molecule has 0 radical (unpaired) electrons. The number of pyridine rings is 1. The maximum absolute atomic E-state index is 5.28. The number of hydrogen-bond acceptors (Lipinski definition) is 3. The first-order valence-electron chi connectivity index (χ1n) is 6.75. The van der Waals surface area contributed by atoms with Crippen LogP contribution in [0.5, 0.6) is 5.75 Å². The third-order valence-electron chi connectivity index (χ3n) is 3.37. The minimum atomic E-state index is 0.758. The molecule has 3 aromatic rings. The van der Waals surface area contributed by atoms with Crippen molar-refractivity contribution in [3.8, 4) is 5.75 Å². The molecule has 0 bridgehead atoms. The van der Waals surface area contributed by atoms with Crippen LogP contribution < -0.4 is 4.74 Å². The van der Waals surface area contributed by atoms with Crippen molar-refractivity contribution in [1.29, 1.82) is 0 Å². The summed E-state index contributed by atoms with van der Waals surface area (Å²) in [5.41, 5.74) is 3.07. The average Bonchev–Trinajstić information content (AvgIpc) is 2.85. The maximum atomic E-state index is 5.28. The molecule has 0 spiro atoms. The molecule has 4 nitrogen and oxygen atoms in total. The molecule has 0 atom stereocenters. The molecule has 1 aromatic carbocycles. The van der Waals surface area contributed by atoms with Gasteiger partial charge in [-0.2, -0.15) is 0 Å². The second-order valence-corrected chi connectivity index (χ2v) is 4.67. The number of ether oxygens (including phenoxy) is 1. The number of hydrogen-bond donors (Lipinski definition) is 0. The fraction of sp³-hybridized carbons (Fsp3) is 0.250. The van der Waals surface area contributed by atoms with E-state index in [0.717, 1.165) is 35.7 Å². The molecule has 4 heteroatoms. The van der Waals surface area contributed by atoms with Gasteiger partial charge in [-0.05, 0) is 29.8 Å². The van der Waals surface area contributed by atoms with E-state index in [4.69, 9.17) is 4.74 Å². The number of aryl methyl sites for hydroxylation is 1. The predicted molar refractivity (Wildman–Crippen MR) is 79.0 cm³/mol. The molecule has 0 aliphatic rings. The van der Waals surface area contributed by atoms with Crippen LogP contribution in [0, 0.1) is 0 Å². The molecule has 3 rings (SSSR count). The summed E-state index contributed by atoms with van der Waals surface area (Å²) in [4.78, 5) is 9.10. The van der Waals surface area contributed by atoms with Gasteiger partial charge < -0.3 is 9.30 Å². The van der Waals surface area contributed by atoms with E-state index in [2.05, 4.69) is 27.5 Å². The van der Waals surface area contributed by atoms with Crippen LogP contribution in [-0.4, -0.2) is 21.6 Å².